The number of ether oxygens (including phenoxy) is 3. The van der Waals surface area contributed by atoms with Crippen molar-refractivity contribution < 1.29 is 56.7 Å². The number of amides is 5. The summed E-state index contributed by atoms with van der Waals surface area (Å²) in [6.07, 6.45) is 4.95. The second-order valence-corrected chi connectivity index (χ2v) is 20.9. The number of aliphatic imine (C=N–C) groups is 3. The molecule has 0 aliphatic carbocycles. The summed E-state index contributed by atoms with van der Waals surface area (Å²) in [6.45, 7) is 2.86. The summed E-state index contributed by atoms with van der Waals surface area (Å²) in [6, 6.07) is 0. The third kappa shape index (κ3) is 37.0. The molecule has 0 aromatic carbocycles. The average Bonchev–Trinajstić information content (AvgIpc) is 3.33. The maximum atomic E-state index is 13.7. The molecule has 76 heavy (non-hydrogen) atoms. The third-order valence-corrected chi connectivity index (χ3v) is 11.7. The van der Waals surface area contributed by atoms with E-state index in [1.165, 1.54) is 0 Å². The highest BCUT2D eigenvalue weighted by molar-refractivity contribution is 7.45. The summed E-state index contributed by atoms with van der Waals surface area (Å²) in [5, 5.41) is 14.6. The van der Waals surface area contributed by atoms with Crippen LogP contribution in [0, 0.1) is 0 Å². The van der Waals surface area contributed by atoms with E-state index < -0.39 is 19.3 Å². The van der Waals surface area contributed by atoms with Gasteiger partial charge in [-0.25, -0.2) is 0 Å². The number of hydrogen-bond acceptors (Lipinski definition) is 15. The fourth-order valence-corrected chi connectivity index (χ4v) is 7.65. The van der Waals surface area contributed by atoms with Gasteiger partial charge in [-0.05, 0) is 38.5 Å². The van der Waals surface area contributed by atoms with E-state index in [9.17, 15) is 33.4 Å². The van der Waals surface area contributed by atoms with E-state index in [1.807, 2.05) is 114 Å². The molecule has 0 aromatic heterocycles. The normalized spacial score (nSPS) is 11.8. The van der Waals surface area contributed by atoms with E-state index in [1.54, 1.807) is 0 Å². The van der Waals surface area contributed by atoms with Gasteiger partial charge in [0.15, 0.2) is 17.9 Å². The topological polar surface area (TPSA) is 288 Å². The lowest BCUT2D eigenvalue weighted by Crippen LogP contribution is -2.58. The molecule has 0 aliphatic heterocycles. The Balaban J connectivity index is 5.88. The second kappa shape index (κ2) is 42.2. The molecule has 27 heteroatoms. The first-order valence-electron chi connectivity index (χ1n) is 26.3. The van der Waals surface area contributed by atoms with Crippen LogP contribution in [-0.2, 0) is 51.8 Å². The molecule has 0 saturated heterocycles. The van der Waals surface area contributed by atoms with Gasteiger partial charge in [0.05, 0.1) is 46.2 Å². The second-order valence-electron chi connectivity index (χ2n) is 19.3. The van der Waals surface area contributed by atoms with Crippen molar-refractivity contribution in [2.24, 2.45) is 15.0 Å². The first kappa shape index (κ1) is 71.2. The van der Waals surface area contributed by atoms with Crippen molar-refractivity contribution in [3.05, 3.63) is 0 Å². The van der Waals surface area contributed by atoms with Gasteiger partial charge in [-0.3, -0.25) is 43.5 Å². The van der Waals surface area contributed by atoms with E-state index in [0.717, 1.165) is 31.4 Å². The number of hydrogen-bond donors (Lipinski definition) is 5. The summed E-state index contributed by atoms with van der Waals surface area (Å²) in [5.41, 5.74) is -1.32. The minimum atomic E-state index is -4.25. The van der Waals surface area contributed by atoms with Crippen LogP contribution in [0.2, 0.25) is 0 Å². The first-order chi connectivity index (χ1) is 36.0. The molecule has 0 radical (unpaired) electrons. The number of guanidine groups is 3. The van der Waals surface area contributed by atoms with Gasteiger partial charge in [0, 0.05) is 170 Å². The number of unbranched alkanes of at least 4 members (excludes halogenated alkanes) is 3. The van der Waals surface area contributed by atoms with Crippen LogP contribution < -0.4 is 31.5 Å². The lowest BCUT2D eigenvalue weighted by atomic mass is 10.0. The van der Waals surface area contributed by atoms with E-state index in [2.05, 4.69) is 46.1 Å². The van der Waals surface area contributed by atoms with Gasteiger partial charge >= 0.3 is 0 Å². The number of phosphoric acid groups is 1. The van der Waals surface area contributed by atoms with Crippen LogP contribution in [0.1, 0.15) is 83.5 Å². The zero-order chi connectivity index (χ0) is 57.4. The Hall–Kier alpha value is -4.85. The quantitative estimate of drug-likeness (QED) is 0.0233. The van der Waals surface area contributed by atoms with Crippen molar-refractivity contribution in [1.29, 1.82) is 0 Å². The van der Waals surface area contributed by atoms with E-state index >= 15 is 0 Å². The van der Waals surface area contributed by atoms with Gasteiger partial charge in [0.1, 0.15) is 5.54 Å². The van der Waals surface area contributed by atoms with Crippen molar-refractivity contribution in [2.75, 3.05) is 184 Å². The van der Waals surface area contributed by atoms with Gasteiger partial charge in [-0.15, -0.1) is 0 Å². The maximum Gasteiger partial charge on any atom is 0.267 e. The number of nitrogens with one attached hydrogen (secondary N) is 5. The number of nitrogens with zero attached hydrogens (tertiary/aromatic N) is 9. The molecule has 0 aromatic rings. The van der Waals surface area contributed by atoms with Gasteiger partial charge in [0.25, 0.3) is 7.82 Å². The van der Waals surface area contributed by atoms with E-state index in [4.69, 9.17) is 18.7 Å². The summed E-state index contributed by atoms with van der Waals surface area (Å²) in [4.78, 5) is 101. The summed E-state index contributed by atoms with van der Waals surface area (Å²) in [7, 11) is 19.8. The molecular weight excluding hydrogens is 1010 g/mol. The molecule has 5 amide bonds. The van der Waals surface area contributed by atoms with Crippen LogP contribution in [0.25, 0.3) is 0 Å². The predicted octanol–water partition coefficient (Wildman–Crippen LogP) is -0.00370. The maximum absolute atomic E-state index is 13.7. The Kier molecular flexibility index (Phi) is 39.5. The standard InChI is InChI=1S/C49H99N14O12P/c1-58(2)46(59(3)4)54-31-19-28-51-42(65)24-35-72-38-49(39-73-36-25-43(66)52-29-20-32-55-47(60(5)6)61(7)8,40-74-37-26-44(67)53-30-21-33-56-48(62(9)10)63(11)12)57-45(68)23-18-22-41(64)50-27-16-14-15-17-34-75-76(69,70)71-13/h14-40H2,1-13H3,(H,50,64)(H,51,65)(H,52,66)(H,53,67)(H,57,68)(H,69,70)/p-1. The van der Waals surface area contributed by atoms with Gasteiger partial charge in [0.2, 0.25) is 29.5 Å². The highest BCUT2D eigenvalue weighted by Crippen LogP contribution is 2.36. The lowest BCUT2D eigenvalue weighted by Gasteiger charge is -2.34. The van der Waals surface area contributed by atoms with Gasteiger partial charge in [-0.2, -0.15) is 0 Å². The molecule has 0 bridgehead atoms. The summed E-state index contributed by atoms with van der Waals surface area (Å²) in [5.74, 6) is 1.14. The summed E-state index contributed by atoms with van der Waals surface area (Å²) < 4.78 is 38.5. The Bertz CT molecular complexity index is 1620. The molecule has 0 heterocycles. The number of phosphoric ester groups is 1. The molecule has 1 atom stereocenters. The minimum Gasteiger partial charge on any atom is -0.756 e. The Morgan fingerprint density at radius 3 is 1.09 bits per heavy atom. The van der Waals surface area contributed by atoms with E-state index in [-0.39, 0.29) is 108 Å². The fourth-order valence-electron chi connectivity index (χ4n) is 7.20. The molecule has 442 valence electrons. The molecule has 0 aliphatic rings. The van der Waals surface area contributed by atoms with Crippen LogP contribution >= 0.6 is 7.82 Å². The highest BCUT2D eigenvalue weighted by atomic mass is 31.2. The van der Waals surface area contributed by atoms with Crippen molar-refractivity contribution in [3.63, 3.8) is 0 Å². The SMILES string of the molecule is COP(=O)([O-])OCCCCCCNC(=O)CCCC(=O)NC(COCCC(=O)NCCCN=C(N(C)C)N(C)C)(COCCC(=O)NCCCN=C(N(C)C)N(C)C)COCCC(=O)NCCCN=C(N(C)C)N(C)C. The Morgan fingerprint density at radius 2 is 0.750 bits per heavy atom. The zero-order valence-corrected chi connectivity index (χ0v) is 49.4. The third-order valence-electron chi connectivity index (χ3n) is 10.8. The fraction of sp³-hybridized carbons (Fsp3) is 0.837. The molecule has 0 rings (SSSR count). The Morgan fingerprint density at radius 1 is 0.434 bits per heavy atom. The van der Waals surface area contributed by atoms with Gasteiger partial charge < -0.3 is 84.1 Å². The molecule has 0 spiro atoms. The van der Waals surface area contributed by atoms with Gasteiger partial charge in [-0.1, -0.05) is 12.8 Å². The number of carbonyl (C=O) groups is 5. The van der Waals surface area contributed by atoms with Crippen molar-refractivity contribution >= 4 is 55.2 Å². The number of carbonyl (C=O) groups excluding carboxylic acids is 5. The van der Waals surface area contributed by atoms with Crippen molar-refractivity contribution in [1.82, 2.24) is 56.0 Å². The van der Waals surface area contributed by atoms with Crippen LogP contribution in [-0.4, -0.2) is 266 Å². The molecular formula is C49H98N14O12P-. The minimum absolute atomic E-state index is 0.00502. The average molecular weight is 1110 g/mol. The van der Waals surface area contributed by atoms with E-state index in [0.29, 0.717) is 84.3 Å². The van der Waals surface area contributed by atoms with Crippen molar-refractivity contribution in [3.8, 4) is 0 Å². The molecule has 26 nitrogen and oxygen atoms in total. The Labute approximate surface area is 454 Å². The van der Waals surface area contributed by atoms with Crippen LogP contribution in [0.5, 0.6) is 0 Å². The number of rotatable bonds is 41. The molecule has 0 saturated carbocycles. The zero-order valence-electron chi connectivity index (χ0n) is 48.5. The highest BCUT2D eigenvalue weighted by Gasteiger charge is 2.34. The van der Waals surface area contributed by atoms with Crippen LogP contribution in [0.3, 0.4) is 0 Å². The smallest absolute Gasteiger partial charge is 0.267 e. The molecule has 5 N–H and O–H groups in total. The monoisotopic (exact) mass is 1110 g/mol. The van der Waals surface area contributed by atoms with Crippen molar-refractivity contribution in [2.45, 2.75) is 89.0 Å². The predicted molar refractivity (Wildman–Crippen MR) is 295 cm³/mol. The lowest BCUT2D eigenvalue weighted by molar-refractivity contribution is -0.223. The van der Waals surface area contributed by atoms with Crippen LogP contribution in [0.4, 0.5) is 0 Å². The molecule has 1 unspecified atom stereocenters. The largest absolute Gasteiger partial charge is 0.756 e. The first-order valence-corrected chi connectivity index (χ1v) is 27.7. The van der Waals surface area contributed by atoms with Crippen LogP contribution in [0.15, 0.2) is 15.0 Å². The molecule has 0 fully saturated rings. The summed E-state index contributed by atoms with van der Waals surface area (Å²) >= 11 is 0.